The second-order valence-electron chi connectivity index (χ2n) is 4.91. The molecule has 0 aliphatic rings. The normalized spacial score (nSPS) is 13.6. The molecule has 3 rings (SSSR count). The van der Waals surface area contributed by atoms with Crippen LogP contribution in [0.2, 0.25) is 0 Å². The fourth-order valence-corrected chi connectivity index (χ4v) is 2.52. The molecule has 0 saturated heterocycles. The zero-order valence-corrected chi connectivity index (χ0v) is 11.5. The minimum atomic E-state index is -0.662. The summed E-state index contributed by atoms with van der Waals surface area (Å²) in [6.45, 7) is 0. The highest BCUT2D eigenvalue weighted by Crippen LogP contribution is 2.35. The standard InChI is InChI=1S/C18H16N2O/c21-18(16-9-5-11-20-13-16)17(14-6-2-1-3-7-14)15-8-4-10-19-12-15/h1-13,17-18,21H/t17-,18+/m0/s1. The van der Waals surface area contributed by atoms with Gasteiger partial charge in [0.2, 0.25) is 0 Å². The summed E-state index contributed by atoms with van der Waals surface area (Å²) in [6.07, 6.45) is 6.29. The highest BCUT2D eigenvalue weighted by Gasteiger charge is 2.24. The van der Waals surface area contributed by atoms with E-state index in [-0.39, 0.29) is 5.92 Å². The Bertz CT molecular complexity index is 632. The first kappa shape index (κ1) is 13.5. The first-order valence-corrected chi connectivity index (χ1v) is 6.89. The van der Waals surface area contributed by atoms with Crippen LogP contribution in [0.1, 0.15) is 28.7 Å². The van der Waals surface area contributed by atoms with E-state index in [0.29, 0.717) is 0 Å². The average Bonchev–Trinajstić information content (AvgIpc) is 2.58. The van der Waals surface area contributed by atoms with E-state index in [0.717, 1.165) is 16.7 Å². The van der Waals surface area contributed by atoms with Crippen LogP contribution in [0.4, 0.5) is 0 Å². The molecule has 0 aliphatic heterocycles. The molecule has 21 heavy (non-hydrogen) atoms. The molecular weight excluding hydrogens is 260 g/mol. The van der Waals surface area contributed by atoms with E-state index < -0.39 is 6.10 Å². The van der Waals surface area contributed by atoms with Crippen molar-refractivity contribution in [2.24, 2.45) is 0 Å². The molecule has 104 valence electrons. The summed E-state index contributed by atoms with van der Waals surface area (Å²) in [4.78, 5) is 8.28. The SMILES string of the molecule is O[C@H](c1cccnc1)[C@@H](c1ccccc1)c1cccnc1. The minimum absolute atomic E-state index is 0.163. The summed E-state index contributed by atoms with van der Waals surface area (Å²) in [5.74, 6) is -0.163. The van der Waals surface area contributed by atoms with Crippen molar-refractivity contribution in [3.63, 3.8) is 0 Å². The second kappa shape index (κ2) is 6.29. The molecule has 2 heterocycles. The van der Waals surface area contributed by atoms with Crippen LogP contribution in [-0.2, 0) is 0 Å². The Morgan fingerprint density at radius 1 is 0.667 bits per heavy atom. The van der Waals surface area contributed by atoms with Crippen LogP contribution < -0.4 is 0 Å². The van der Waals surface area contributed by atoms with Gasteiger partial charge < -0.3 is 5.11 Å². The van der Waals surface area contributed by atoms with Gasteiger partial charge in [0.05, 0.1) is 6.10 Å². The summed E-state index contributed by atoms with van der Waals surface area (Å²) in [5, 5.41) is 10.8. The Labute approximate surface area is 124 Å². The summed E-state index contributed by atoms with van der Waals surface area (Å²) >= 11 is 0. The van der Waals surface area contributed by atoms with Gasteiger partial charge in [0.15, 0.2) is 0 Å². The smallest absolute Gasteiger partial charge is 0.0914 e. The number of benzene rings is 1. The number of aliphatic hydroxyl groups is 1. The number of hydrogen-bond donors (Lipinski definition) is 1. The van der Waals surface area contributed by atoms with Crippen molar-refractivity contribution in [2.75, 3.05) is 0 Å². The molecule has 1 N–H and O–H groups in total. The first-order chi connectivity index (χ1) is 10.4. The lowest BCUT2D eigenvalue weighted by molar-refractivity contribution is 0.158. The van der Waals surface area contributed by atoms with Crippen LogP contribution in [0.3, 0.4) is 0 Å². The van der Waals surface area contributed by atoms with Crippen LogP contribution in [0, 0.1) is 0 Å². The van der Waals surface area contributed by atoms with E-state index >= 15 is 0 Å². The molecule has 3 nitrogen and oxygen atoms in total. The average molecular weight is 276 g/mol. The van der Waals surface area contributed by atoms with Crippen molar-refractivity contribution in [1.82, 2.24) is 9.97 Å². The number of hydrogen-bond acceptors (Lipinski definition) is 3. The second-order valence-corrected chi connectivity index (χ2v) is 4.91. The van der Waals surface area contributed by atoms with Crippen LogP contribution in [0.5, 0.6) is 0 Å². The maximum Gasteiger partial charge on any atom is 0.0914 e. The molecule has 0 bridgehead atoms. The van der Waals surface area contributed by atoms with Gasteiger partial charge in [-0.25, -0.2) is 0 Å². The van der Waals surface area contributed by atoms with Gasteiger partial charge in [-0.2, -0.15) is 0 Å². The van der Waals surface area contributed by atoms with Gasteiger partial charge in [-0.05, 0) is 28.8 Å². The van der Waals surface area contributed by atoms with E-state index in [1.165, 1.54) is 0 Å². The van der Waals surface area contributed by atoms with Gasteiger partial charge in [0.25, 0.3) is 0 Å². The molecule has 0 spiro atoms. The zero-order chi connectivity index (χ0) is 14.5. The predicted molar refractivity (Wildman–Crippen MR) is 81.7 cm³/mol. The van der Waals surface area contributed by atoms with E-state index in [9.17, 15) is 5.11 Å². The fraction of sp³-hybridized carbons (Fsp3) is 0.111. The van der Waals surface area contributed by atoms with Gasteiger partial charge in [0, 0.05) is 30.7 Å². The van der Waals surface area contributed by atoms with Crippen LogP contribution in [-0.4, -0.2) is 15.1 Å². The topological polar surface area (TPSA) is 46.0 Å². The summed E-state index contributed by atoms with van der Waals surface area (Å²) in [5.41, 5.74) is 2.84. The van der Waals surface area contributed by atoms with Crippen molar-refractivity contribution < 1.29 is 5.11 Å². The monoisotopic (exact) mass is 276 g/mol. The predicted octanol–water partition coefficient (Wildman–Crippen LogP) is 3.34. The van der Waals surface area contributed by atoms with E-state index in [1.807, 2.05) is 54.6 Å². The van der Waals surface area contributed by atoms with Gasteiger partial charge in [-0.15, -0.1) is 0 Å². The highest BCUT2D eigenvalue weighted by atomic mass is 16.3. The number of aliphatic hydroxyl groups excluding tert-OH is 1. The molecule has 0 fully saturated rings. The fourth-order valence-electron chi connectivity index (χ4n) is 2.52. The molecule has 1 aromatic carbocycles. The first-order valence-electron chi connectivity index (χ1n) is 6.89. The molecule has 2 aromatic heterocycles. The summed E-state index contributed by atoms with van der Waals surface area (Å²) in [6, 6.07) is 17.6. The van der Waals surface area contributed by atoms with E-state index in [2.05, 4.69) is 9.97 Å². The third-order valence-electron chi connectivity index (χ3n) is 3.54. The highest BCUT2D eigenvalue weighted by molar-refractivity contribution is 5.35. The lowest BCUT2D eigenvalue weighted by Gasteiger charge is -2.23. The third kappa shape index (κ3) is 2.98. The Morgan fingerprint density at radius 2 is 1.24 bits per heavy atom. The molecule has 3 aromatic rings. The number of aromatic nitrogens is 2. The Kier molecular flexibility index (Phi) is 4.03. The van der Waals surface area contributed by atoms with Gasteiger partial charge in [-0.1, -0.05) is 42.5 Å². The largest absolute Gasteiger partial charge is 0.387 e. The van der Waals surface area contributed by atoms with Gasteiger partial charge in [-0.3, -0.25) is 9.97 Å². The molecule has 0 amide bonds. The molecule has 0 saturated carbocycles. The molecular formula is C18H16N2O. The molecule has 0 aliphatic carbocycles. The third-order valence-corrected chi connectivity index (χ3v) is 3.54. The maximum absolute atomic E-state index is 10.8. The Hall–Kier alpha value is -2.52. The zero-order valence-electron chi connectivity index (χ0n) is 11.5. The van der Waals surface area contributed by atoms with Gasteiger partial charge in [0.1, 0.15) is 0 Å². The van der Waals surface area contributed by atoms with Crippen molar-refractivity contribution in [2.45, 2.75) is 12.0 Å². The quantitative estimate of drug-likeness (QED) is 0.795. The number of nitrogens with zero attached hydrogens (tertiary/aromatic N) is 2. The Morgan fingerprint density at radius 3 is 1.81 bits per heavy atom. The van der Waals surface area contributed by atoms with Crippen molar-refractivity contribution >= 4 is 0 Å². The van der Waals surface area contributed by atoms with Crippen LogP contribution >= 0.6 is 0 Å². The lowest BCUT2D eigenvalue weighted by Crippen LogP contribution is -2.13. The molecule has 3 heteroatoms. The number of pyridine rings is 2. The van der Waals surface area contributed by atoms with Crippen molar-refractivity contribution in [3.8, 4) is 0 Å². The van der Waals surface area contributed by atoms with Gasteiger partial charge >= 0.3 is 0 Å². The maximum atomic E-state index is 10.8. The lowest BCUT2D eigenvalue weighted by atomic mass is 9.85. The summed E-state index contributed by atoms with van der Waals surface area (Å²) in [7, 11) is 0. The minimum Gasteiger partial charge on any atom is -0.387 e. The summed E-state index contributed by atoms with van der Waals surface area (Å²) < 4.78 is 0. The molecule has 0 unspecified atom stereocenters. The molecule has 2 atom stereocenters. The van der Waals surface area contributed by atoms with E-state index in [1.54, 1.807) is 24.8 Å². The van der Waals surface area contributed by atoms with Crippen LogP contribution in [0.15, 0.2) is 79.4 Å². The molecule has 0 radical (unpaired) electrons. The Balaban J connectivity index is 2.05. The van der Waals surface area contributed by atoms with Crippen molar-refractivity contribution in [3.05, 3.63) is 96.1 Å². The van der Waals surface area contributed by atoms with Crippen LogP contribution in [0.25, 0.3) is 0 Å². The number of rotatable bonds is 4. The van der Waals surface area contributed by atoms with Crippen molar-refractivity contribution in [1.29, 1.82) is 0 Å². The van der Waals surface area contributed by atoms with E-state index in [4.69, 9.17) is 0 Å².